The molecule has 0 saturated heterocycles. The van der Waals surface area contributed by atoms with Crippen LogP contribution < -0.4 is 4.74 Å². The molecule has 0 spiro atoms. The second-order valence-corrected chi connectivity index (χ2v) is 6.01. The minimum Gasteiger partial charge on any atom is -0.497 e. The molecule has 1 aromatic carbocycles. The molecule has 120 valence electrons. The lowest BCUT2D eigenvalue weighted by Crippen LogP contribution is -2.03. The van der Waals surface area contributed by atoms with Crippen molar-refractivity contribution >= 4 is 18.0 Å². The molecule has 3 rings (SSSR count). The Morgan fingerprint density at radius 3 is 2.70 bits per heavy atom. The maximum atomic E-state index is 5.22. The number of thioether (sulfide) groups is 1. The van der Waals surface area contributed by atoms with E-state index in [0.29, 0.717) is 0 Å². The first kappa shape index (κ1) is 15.8. The van der Waals surface area contributed by atoms with Crippen molar-refractivity contribution in [2.24, 2.45) is 4.99 Å². The van der Waals surface area contributed by atoms with E-state index < -0.39 is 0 Å². The average Bonchev–Trinajstić information content (AvgIpc) is 3.24. The fourth-order valence-corrected chi connectivity index (χ4v) is 3.11. The summed E-state index contributed by atoms with van der Waals surface area (Å²) in [6, 6.07) is 7.94. The first-order valence-corrected chi connectivity index (χ1v) is 8.87. The third kappa shape index (κ3) is 3.64. The number of benzene rings is 1. The number of rotatable bonds is 7. The summed E-state index contributed by atoms with van der Waals surface area (Å²) in [7, 11) is 1.67. The average molecular weight is 328 g/mol. The summed E-state index contributed by atoms with van der Waals surface area (Å²) in [4.78, 5) is 4.37. The van der Waals surface area contributed by atoms with Crippen molar-refractivity contribution in [3.8, 4) is 17.1 Å². The summed E-state index contributed by atoms with van der Waals surface area (Å²) in [6.07, 6.45) is 9.16. The van der Waals surface area contributed by atoms with Gasteiger partial charge in [-0.2, -0.15) is 0 Å². The van der Waals surface area contributed by atoms with E-state index in [1.54, 1.807) is 18.9 Å². The lowest BCUT2D eigenvalue weighted by atomic mass is 10.2. The molecule has 0 radical (unpaired) electrons. The fourth-order valence-electron chi connectivity index (χ4n) is 2.59. The van der Waals surface area contributed by atoms with E-state index in [9.17, 15) is 0 Å². The highest BCUT2D eigenvalue weighted by molar-refractivity contribution is 7.98. The Morgan fingerprint density at radius 1 is 1.22 bits per heavy atom. The SMILES string of the molecule is COc1ccc(-c2nnc(SC)n2CCCC2=CCC=N2)cc1. The molecule has 0 saturated carbocycles. The minimum absolute atomic E-state index is 0.843. The third-order valence-electron chi connectivity index (χ3n) is 3.78. The molecule has 0 aliphatic carbocycles. The topological polar surface area (TPSA) is 52.3 Å². The molecule has 0 atom stereocenters. The van der Waals surface area contributed by atoms with Crippen LogP contribution >= 0.6 is 11.8 Å². The molecule has 2 heterocycles. The van der Waals surface area contributed by atoms with E-state index in [2.05, 4.69) is 25.8 Å². The quantitative estimate of drug-likeness (QED) is 0.725. The van der Waals surface area contributed by atoms with Crippen LogP contribution in [0, 0.1) is 0 Å². The van der Waals surface area contributed by atoms with Crippen LogP contribution in [0.25, 0.3) is 11.4 Å². The van der Waals surface area contributed by atoms with Crippen LogP contribution in [0.3, 0.4) is 0 Å². The number of aromatic nitrogens is 3. The molecule has 5 nitrogen and oxygen atoms in total. The Morgan fingerprint density at radius 2 is 2.04 bits per heavy atom. The zero-order valence-electron chi connectivity index (χ0n) is 13.4. The van der Waals surface area contributed by atoms with Gasteiger partial charge in [-0.25, -0.2) is 0 Å². The zero-order valence-corrected chi connectivity index (χ0v) is 14.2. The van der Waals surface area contributed by atoms with Gasteiger partial charge in [-0.1, -0.05) is 17.8 Å². The summed E-state index contributed by atoms with van der Waals surface area (Å²) < 4.78 is 7.40. The largest absolute Gasteiger partial charge is 0.497 e. The first-order chi connectivity index (χ1) is 11.3. The van der Waals surface area contributed by atoms with Crippen LogP contribution in [0.5, 0.6) is 5.75 Å². The van der Waals surface area contributed by atoms with Crippen molar-refractivity contribution in [1.82, 2.24) is 14.8 Å². The van der Waals surface area contributed by atoms with Gasteiger partial charge in [0.1, 0.15) is 5.75 Å². The second-order valence-electron chi connectivity index (χ2n) is 5.24. The van der Waals surface area contributed by atoms with Crippen LogP contribution in [0.2, 0.25) is 0 Å². The van der Waals surface area contributed by atoms with Gasteiger partial charge >= 0.3 is 0 Å². The molecule has 23 heavy (non-hydrogen) atoms. The van der Waals surface area contributed by atoms with Crippen LogP contribution in [-0.2, 0) is 6.54 Å². The Balaban J connectivity index is 1.77. The molecule has 0 bridgehead atoms. The summed E-state index contributed by atoms with van der Waals surface area (Å²) in [5, 5.41) is 9.62. The number of hydrogen-bond donors (Lipinski definition) is 0. The van der Waals surface area contributed by atoms with Crippen LogP contribution in [-0.4, -0.2) is 34.3 Å². The van der Waals surface area contributed by atoms with E-state index in [1.165, 1.54) is 5.70 Å². The van der Waals surface area contributed by atoms with E-state index >= 15 is 0 Å². The smallest absolute Gasteiger partial charge is 0.191 e. The Labute approximate surface area is 140 Å². The molecule has 0 N–H and O–H groups in total. The first-order valence-electron chi connectivity index (χ1n) is 7.65. The van der Waals surface area contributed by atoms with Gasteiger partial charge in [0.25, 0.3) is 0 Å². The van der Waals surface area contributed by atoms with Crippen molar-refractivity contribution < 1.29 is 4.74 Å². The Kier molecular flexibility index (Phi) is 5.12. The Bertz CT molecular complexity index is 719. The van der Waals surface area contributed by atoms with Crippen molar-refractivity contribution in [3.63, 3.8) is 0 Å². The van der Waals surface area contributed by atoms with Gasteiger partial charge in [0.05, 0.1) is 7.11 Å². The van der Waals surface area contributed by atoms with Crippen LogP contribution in [0.1, 0.15) is 19.3 Å². The van der Waals surface area contributed by atoms with Gasteiger partial charge in [0, 0.05) is 30.4 Å². The predicted molar refractivity (Wildman–Crippen MR) is 94.2 cm³/mol. The Hall–Kier alpha value is -2.08. The molecule has 1 aliphatic rings. The molecule has 0 fully saturated rings. The number of allylic oxidation sites excluding steroid dienone is 2. The summed E-state index contributed by atoms with van der Waals surface area (Å²) in [5.41, 5.74) is 2.24. The van der Waals surface area contributed by atoms with E-state index in [4.69, 9.17) is 4.74 Å². The van der Waals surface area contributed by atoms with Gasteiger partial charge in [-0.3, -0.25) is 4.99 Å². The van der Waals surface area contributed by atoms with E-state index in [0.717, 1.165) is 48.1 Å². The van der Waals surface area contributed by atoms with Crippen molar-refractivity contribution in [2.45, 2.75) is 31.0 Å². The molecule has 0 amide bonds. The minimum atomic E-state index is 0.843. The van der Waals surface area contributed by atoms with Gasteiger partial charge in [0.15, 0.2) is 11.0 Å². The number of aliphatic imine (C=N–C) groups is 1. The zero-order chi connectivity index (χ0) is 16.1. The molecular formula is C17H20N4OS. The van der Waals surface area contributed by atoms with Gasteiger partial charge < -0.3 is 9.30 Å². The standard InChI is InChI=1S/C17H20N4OS/c1-22-15-9-7-13(8-10-15)16-19-20-17(23-2)21(16)12-4-6-14-5-3-11-18-14/h5,7-11H,3-4,6,12H2,1-2H3. The number of ether oxygens (including phenoxy) is 1. The highest BCUT2D eigenvalue weighted by atomic mass is 32.2. The molecule has 1 aromatic heterocycles. The summed E-state index contributed by atoms with van der Waals surface area (Å²) >= 11 is 1.62. The van der Waals surface area contributed by atoms with Crippen LogP contribution in [0.4, 0.5) is 0 Å². The molecule has 2 aromatic rings. The fraction of sp³-hybridized carbons (Fsp3) is 0.353. The number of hydrogen-bond acceptors (Lipinski definition) is 5. The normalized spacial score (nSPS) is 13.4. The summed E-state index contributed by atoms with van der Waals surface area (Å²) in [5.74, 6) is 1.75. The van der Waals surface area contributed by atoms with Gasteiger partial charge in [-0.15, -0.1) is 10.2 Å². The lowest BCUT2D eigenvalue weighted by Gasteiger charge is -2.09. The van der Waals surface area contributed by atoms with Crippen LogP contribution in [0.15, 0.2) is 46.2 Å². The van der Waals surface area contributed by atoms with Crippen molar-refractivity contribution in [3.05, 3.63) is 36.0 Å². The second kappa shape index (κ2) is 7.46. The molecule has 6 heteroatoms. The van der Waals surface area contributed by atoms with Gasteiger partial charge in [0.2, 0.25) is 0 Å². The van der Waals surface area contributed by atoms with Gasteiger partial charge in [-0.05, 0) is 43.4 Å². The third-order valence-corrected chi connectivity index (χ3v) is 4.45. The van der Waals surface area contributed by atoms with Crippen molar-refractivity contribution in [1.29, 1.82) is 0 Å². The molecule has 0 unspecified atom stereocenters. The van der Waals surface area contributed by atoms with E-state index in [1.807, 2.05) is 36.7 Å². The highest BCUT2D eigenvalue weighted by Crippen LogP contribution is 2.25. The lowest BCUT2D eigenvalue weighted by molar-refractivity contribution is 0.415. The monoisotopic (exact) mass is 328 g/mol. The summed E-state index contributed by atoms with van der Waals surface area (Å²) in [6.45, 7) is 0.886. The number of methoxy groups -OCH3 is 1. The predicted octanol–water partition coefficient (Wildman–Crippen LogP) is 3.81. The van der Waals surface area contributed by atoms with Crippen molar-refractivity contribution in [2.75, 3.05) is 13.4 Å². The number of nitrogens with zero attached hydrogens (tertiary/aromatic N) is 4. The highest BCUT2D eigenvalue weighted by Gasteiger charge is 2.13. The molecular weight excluding hydrogens is 308 g/mol. The maximum absolute atomic E-state index is 5.22. The van der Waals surface area contributed by atoms with E-state index in [-0.39, 0.29) is 0 Å². The molecule has 1 aliphatic heterocycles. The maximum Gasteiger partial charge on any atom is 0.191 e.